The van der Waals surface area contributed by atoms with Crippen LogP contribution in [-0.4, -0.2) is 46.8 Å². The molecule has 1 aromatic heterocycles. The number of hydrogen-bond donors (Lipinski definition) is 1. The number of likely N-dealkylation sites (tertiary alicyclic amines) is 1. The first kappa shape index (κ1) is 14.1. The fourth-order valence-corrected chi connectivity index (χ4v) is 2.25. The number of aromatic nitrogens is 2. The topological polar surface area (TPSA) is 58.2 Å². The Morgan fingerprint density at radius 2 is 2.26 bits per heavy atom. The third-order valence-electron chi connectivity index (χ3n) is 3.52. The van der Waals surface area contributed by atoms with Crippen molar-refractivity contribution in [2.24, 2.45) is 5.92 Å². The van der Waals surface area contributed by atoms with E-state index < -0.39 is 0 Å². The van der Waals surface area contributed by atoms with E-state index in [1.807, 2.05) is 4.90 Å². The highest BCUT2D eigenvalue weighted by atomic mass is 16.5. The molecule has 1 N–H and O–H groups in total. The van der Waals surface area contributed by atoms with Gasteiger partial charge in [0, 0.05) is 25.9 Å². The summed E-state index contributed by atoms with van der Waals surface area (Å²) in [6.07, 6.45) is 6.51. The molecule has 0 unspecified atom stereocenters. The number of rotatable bonds is 5. The standard InChI is InChI=1S/C14H23N3O2/c1-11(2)5-8-19-13-3-6-17(7-4-13)14(18)12-9-15-16-10-12/h9-11,13H,3-8H2,1-2H3,(H,15,16). The van der Waals surface area contributed by atoms with Crippen LogP contribution in [0.25, 0.3) is 0 Å². The van der Waals surface area contributed by atoms with Crippen molar-refractivity contribution in [1.82, 2.24) is 15.1 Å². The summed E-state index contributed by atoms with van der Waals surface area (Å²) in [6.45, 7) is 6.79. The highest BCUT2D eigenvalue weighted by Gasteiger charge is 2.24. The van der Waals surface area contributed by atoms with E-state index >= 15 is 0 Å². The van der Waals surface area contributed by atoms with Crippen molar-refractivity contribution in [3.63, 3.8) is 0 Å². The molecule has 106 valence electrons. The Labute approximate surface area is 114 Å². The van der Waals surface area contributed by atoms with Gasteiger partial charge in [-0.05, 0) is 25.2 Å². The van der Waals surface area contributed by atoms with E-state index in [-0.39, 0.29) is 5.91 Å². The molecule has 1 aliphatic rings. The predicted molar refractivity (Wildman–Crippen MR) is 72.9 cm³/mol. The molecule has 0 spiro atoms. The maximum absolute atomic E-state index is 12.1. The van der Waals surface area contributed by atoms with E-state index in [4.69, 9.17) is 4.74 Å². The minimum atomic E-state index is 0.0642. The number of carbonyl (C=O) groups excluding carboxylic acids is 1. The lowest BCUT2D eigenvalue weighted by Gasteiger charge is -2.31. The molecule has 0 saturated carbocycles. The Kier molecular flexibility index (Phi) is 4.96. The van der Waals surface area contributed by atoms with Crippen LogP contribution in [0.3, 0.4) is 0 Å². The number of ether oxygens (including phenoxy) is 1. The highest BCUT2D eigenvalue weighted by molar-refractivity contribution is 5.93. The minimum absolute atomic E-state index is 0.0642. The first-order valence-electron chi connectivity index (χ1n) is 7.06. The lowest BCUT2D eigenvalue weighted by molar-refractivity contribution is 0.00485. The van der Waals surface area contributed by atoms with Crippen LogP contribution in [0.2, 0.25) is 0 Å². The average molecular weight is 265 g/mol. The molecular weight excluding hydrogens is 242 g/mol. The first-order chi connectivity index (χ1) is 9.16. The van der Waals surface area contributed by atoms with Crippen LogP contribution in [0.15, 0.2) is 12.4 Å². The van der Waals surface area contributed by atoms with Gasteiger partial charge in [0.1, 0.15) is 0 Å². The molecule has 5 nitrogen and oxygen atoms in total. The zero-order valence-electron chi connectivity index (χ0n) is 11.8. The van der Waals surface area contributed by atoms with Crippen LogP contribution >= 0.6 is 0 Å². The maximum Gasteiger partial charge on any atom is 0.257 e. The Morgan fingerprint density at radius 1 is 1.53 bits per heavy atom. The summed E-state index contributed by atoms with van der Waals surface area (Å²) in [4.78, 5) is 14.0. The zero-order chi connectivity index (χ0) is 13.7. The molecule has 1 fully saturated rings. The summed E-state index contributed by atoms with van der Waals surface area (Å²) in [5.74, 6) is 0.747. The van der Waals surface area contributed by atoms with E-state index in [0.29, 0.717) is 17.6 Å². The Bertz CT molecular complexity index is 381. The smallest absolute Gasteiger partial charge is 0.257 e. The average Bonchev–Trinajstić information content (AvgIpc) is 2.92. The molecule has 1 aliphatic heterocycles. The summed E-state index contributed by atoms with van der Waals surface area (Å²) in [5, 5.41) is 6.49. The maximum atomic E-state index is 12.1. The minimum Gasteiger partial charge on any atom is -0.378 e. The van der Waals surface area contributed by atoms with Crippen molar-refractivity contribution in [3.05, 3.63) is 18.0 Å². The molecule has 5 heteroatoms. The van der Waals surface area contributed by atoms with Crippen molar-refractivity contribution < 1.29 is 9.53 Å². The SMILES string of the molecule is CC(C)CCOC1CCN(C(=O)c2cn[nH]c2)CC1. The van der Waals surface area contributed by atoms with Gasteiger partial charge in [0.2, 0.25) is 0 Å². The van der Waals surface area contributed by atoms with E-state index in [2.05, 4.69) is 24.0 Å². The lowest BCUT2D eigenvalue weighted by atomic mass is 10.1. The number of hydrogen-bond acceptors (Lipinski definition) is 3. The number of carbonyl (C=O) groups is 1. The first-order valence-corrected chi connectivity index (χ1v) is 7.06. The lowest BCUT2D eigenvalue weighted by Crippen LogP contribution is -2.40. The number of piperidine rings is 1. The van der Waals surface area contributed by atoms with Crippen molar-refractivity contribution in [1.29, 1.82) is 0 Å². The van der Waals surface area contributed by atoms with Gasteiger partial charge >= 0.3 is 0 Å². The molecule has 0 aliphatic carbocycles. The number of amides is 1. The van der Waals surface area contributed by atoms with Crippen molar-refractivity contribution in [2.45, 2.75) is 39.2 Å². The van der Waals surface area contributed by atoms with Crippen molar-refractivity contribution in [3.8, 4) is 0 Å². The van der Waals surface area contributed by atoms with Gasteiger partial charge in [0.05, 0.1) is 17.9 Å². The third-order valence-corrected chi connectivity index (χ3v) is 3.52. The van der Waals surface area contributed by atoms with Gasteiger partial charge in [0.15, 0.2) is 0 Å². The van der Waals surface area contributed by atoms with Crippen molar-refractivity contribution in [2.75, 3.05) is 19.7 Å². The van der Waals surface area contributed by atoms with Gasteiger partial charge < -0.3 is 9.64 Å². The van der Waals surface area contributed by atoms with Crippen LogP contribution in [0, 0.1) is 5.92 Å². The summed E-state index contributed by atoms with van der Waals surface area (Å²) >= 11 is 0. The number of H-pyrrole nitrogens is 1. The predicted octanol–water partition coefficient (Wildman–Crippen LogP) is 2.08. The largest absolute Gasteiger partial charge is 0.378 e. The van der Waals surface area contributed by atoms with Gasteiger partial charge in [-0.1, -0.05) is 13.8 Å². The molecule has 2 rings (SSSR count). The van der Waals surface area contributed by atoms with Gasteiger partial charge in [-0.15, -0.1) is 0 Å². The Hall–Kier alpha value is -1.36. The second-order valence-corrected chi connectivity index (χ2v) is 5.53. The summed E-state index contributed by atoms with van der Waals surface area (Å²) in [7, 11) is 0. The van der Waals surface area contributed by atoms with E-state index in [0.717, 1.165) is 39.0 Å². The monoisotopic (exact) mass is 265 g/mol. The van der Waals surface area contributed by atoms with Gasteiger partial charge in [-0.2, -0.15) is 5.10 Å². The molecule has 1 aromatic rings. The zero-order valence-corrected chi connectivity index (χ0v) is 11.8. The van der Waals surface area contributed by atoms with Crippen LogP contribution in [0.1, 0.15) is 43.5 Å². The van der Waals surface area contributed by atoms with Crippen LogP contribution < -0.4 is 0 Å². The molecule has 2 heterocycles. The molecule has 0 radical (unpaired) electrons. The normalized spacial score (nSPS) is 17.1. The molecule has 1 amide bonds. The highest BCUT2D eigenvalue weighted by Crippen LogP contribution is 2.16. The quantitative estimate of drug-likeness (QED) is 0.886. The summed E-state index contributed by atoms with van der Waals surface area (Å²) in [6, 6.07) is 0. The fourth-order valence-electron chi connectivity index (χ4n) is 2.25. The molecule has 0 bridgehead atoms. The molecule has 1 saturated heterocycles. The molecule has 0 aromatic carbocycles. The van der Waals surface area contributed by atoms with Crippen molar-refractivity contribution >= 4 is 5.91 Å². The Morgan fingerprint density at radius 3 is 2.84 bits per heavy atom. The molecule has 0 atom stereocenters. The number of aromatic amines is 1. The molecular formula is C14H23N3O2. The third kappa shape index (κ3) is 4.06. The number of nitrogens with zero attached hydrogens (tertiary/aromatic N) is 2. The van der Waals surface area contributed by atoms with Crippen LogP contribution in [0.4, 0.5) is 0 Å². The Balaban J connectivity index is 1.72. The fraction of sp³-hybridized carbons (Fsp3) is 0.714. The summed E-state index contributed by atoms with van der Waals surface area (Å²) < 4.78 is 5.86. The summed E-state index contributed by atoms with van der Waals surface area (Å²) in [5.41, 5.74) is 0.638. The van der Waals surface area contributed by atoms with Gasteiger partial charge in [0.25, 0.3) is 5.91 Å². The van der Waals surface area contributed by atoms with E-state index in [1.165, 1.54) is 0 Å². The van der Waals surface area contributed by atoms with Gasteiger partial charge in [-0.3, -0.25) is 9.89 Å². The van der Waals surface area contributed by atoms with Crippen LogP contribution in [-0.2, 0) is 4.74 Å². The van der Waals surface area contributed by atoms with E-state index in [1.54, 1.807) is 12.4 Å². The second-order valence-electron chi connectivity index (χ2n) is 5.53. The van der Waals surface area contributed by atoms with E-state index in [9.17, 15) is 4.79 Å². The van der Waals surface area contributed by atoms with Crippen LogP contribution in [0.5, 0.6) is 0 Å². The number of nitrogens with one attached hydrogen (secondary N) is 1. The van der Waals surface area contributed by atoms with Gasteiger partial charge in [-0.25, -0.2) is 0 Å². The molecule has 19 heavy (non-hydrogen) atoms. The second kappa shape index (κ2) is 6.70.